The second-order valence-electron chi connectivity index (χ2n) is 5.44. The molecular formula is C14H16AsN3O4. The summed E-state index contributed by atoms with van der Waals surface area (Å²) in [6.07, 6.45) is 3.99. The molecule has 2 aromatic rings. The maximum atomic E-state index is 10.6. The van der Waals surface area contributed by atoms with Gasteiger partial charge in [-0.2, -0.15) is 0 Å². The number of aromatic nitrogens is 3. The van der Waals surface area contributed by atoms with Gasteiger partial charge in [0.1, 0.15) is 0 Å². The average molecular weight is 365 g/mol. The molecule has 0 saturated carbocycles. The summed E-state index contributed by atoms with van der Waals surface area (Å²) in [7, 11) is 0. The molecule has 0 amide bonds. The molecule has 0 spiro atoms. The van der Waals surface area contributed by atoms with Crippen LogP contribution in [0, 0.1) is 12.3 Å². The summed E-state index contributed by atoms with van der Waals surface area (Å²) in [6, 6.07) is 1.69. The molecule has 2 aromatic heterocycles. The van der Waals surface area contributed by atoms with Crippen molar-refractivity contribution < 1.29 is 20.1 Å². The number of aliphatic hydroxyl groups is 3. The number of terminal acetylenes is 1. The molecule has 1 saturated heterocycles. The Kier molecular flexibility index (Phi) is 3.75. The molecule has 1 fully saturated rings. The monoisotopic (exact) mass is 365 g/mol. The van der Waals surface area contributed by atoms with Crippen LogP contribution < -0.4 is 4.48 Å². The van der Waals surface area contributed by atoms with Gasteiger partial charge in [-0.15, -0.1) is 0 Å². The Morgan fingerprint density at radius 3 is 2.91 bits per heavy atom. The number of nitrogens with zero attached hydrogens (tertiary/aromatic N) is 3. The van der Waals surface area contributed by atoms with Gasteiger partial charge in [0.2, 0.25) is 0 Å². The molecule has 116 valence electrons. The number of fused-ring (bicyclic) bond motifs is 1. The Morgan fingerprint density at radius 1 is 1.59 bits per heavy atom. The first-order chi connectivity index (χ1) is 10.4. The SMILES string of the molecule is C#Cc1cc([C@@H]2O[C@H](CO)[C@@H](O)[C@@]2(C)O)n2ncnc([AsH2])c12. The zero-order valence-electron chi connectivity index (χ0n) is 11.8. The van der Waals surface area contributed by atoms with E-state index in [-0.39, 0.29) is 0 Å². The molecule has 0 aliphatic carbocycles. The summed E-state index contributed by atoms with van der Waals surface area (Å²) in [5.74, 6) is 2.58. The molecule has 8 heteroatoms. The van der Waals surface area contributed by atoms with Crippen LogP contribution in [0.15, 0.2) is 12.4 Å². The minimum absolute atomic E-state index is 0.393. The summed E-state index contributed by atoms with van der Waals surface area (Å²) in [4.78, 5) is 4.15. The zero-order chi connectivity index (χ0) is 16.1. The Bertz CT molecular complexity index is 767. The van der Waals surface area contributed by atoms with E-state index in [0.717, 1.165) is 4.48 Å². The third-order valence-electron chi connectivity index (χ3n) is 4.01. The topological polar surface area (TPSA) is 100 Å². The third kappa shape index (κ3) is 2.08. The number of rotatable bonds is 2. The Hall–Kier alpha value is -1.42. The van der Waals surface area contributed by atoms with E-state index < -0.39 is 30.5 Å². The molecule has 1 aliphatic heterocycles. The Morgan fingerprint density at radius 2 is 2.32 bits per heavy atom. The van der Waals surface area contributed by atoms with E-state index in [1.165, 1.54) is 30.1 Å². The molecule has 22 heavy (non-hydrogen) atoms. The van der Waals surface area contributed by atoms with Gasteiger partial charge < -0.3 is 0 Å². The summed E-state index contributed by atoms with van der Waals surface area (Å²) in [6.45, 7) is 1.07. The van der Waals surface area contributed by atoms with Gasteiger partial charge in [0.05, 0.1) is 0 Å². The van der Waals surface area contributed by atoms with Crippen LogP contribution in [-0.2, 0) is 4.74 Å². The fourth-order valence-electron chi connectivity index (χ4n) is 2.82. The van der Waals surface area contributed by atoms with Gasteiger partial charge in [-0.1, -0.05) is 0 Å². The first kappa shape index (κ1) is 15.5. The molecule has 0 radical (unpaired) electrons. The van der Waals surface area contributed by atoms with Crippen molar-refractivity contribution in [1.82, 2.24) is 14.6 Å². The second kappa shape index (κ2) is 5.34. The van der Waals surface area contributed by atoms with Crippen molar-refractivity contribution in [3.8, 4) is 12.3 Å². The molecule has 3 heterocycles. The molecule has 3 N–H and O–H groups in total. The van der Waals surface area contributed by atoms with Crippen LogP contribution in [0.1, 0.15) is 24.3 Å². The molecule has 0 bridgehead atoms. The van der Waals surface area contributed by atoms with Gasteiger partial charge in [-0.3, -0.25) is 0 Å². The van der Waals surface area contributed by atoms with E-state index in [1.807, 2.05) is 0 Å². The van der Waals surface area contributed by atoms with E-state index in [1.54, 1.807) is 10.6 Å². The van der Waals surface area contributed by atoms with E-state index in [0.29, 0.717) is 16.8 Å². The molecule has 1 unspecified atom stereocenters. The van der Waals surface area contributed by atoms with E-state index >= 15 is 0 Å². The van der Waals surface area contributed by atoms with E-state index in [9.17, 15) is 15.3 Å². The average Bonchev–Trinajstić information content (AvgIpc) is 2.97. The zero-order valence-corrected chi connectivity index (χ0v) is 14.3. The van der Waals surface area contributed by atoms with Crippen LogP contribution >= 0.6 is 0 Å². The van der Waals surface area contributed by atoms with Crippen LogP contribution in [0.5, 0.6) is 0 Å². The predicted molar refractivity (Wildman–Crippen MR) is 80.4 cm³/mol. The van der Waals surface area contributed by atoms with Gasteiger partial charge in [0.25, 0.3) is 0 Å². The van der Waals surface area contributed by atoms with Crippen LogP contribution in [0.25, 0.3) is 5.52 Å². The fourth-order valence-corrected chi connectivity index (χ4v) is 3.54. The van der Waals surface area contributed by atoms with E-state index in [2.05, 4.69) is 16.0 Å². The number of hydrogen-bond acceptors (Lipinski definition) is 6. The first-order valence-electron chi connectivity index (χ1n) is 6.67. The number of hydrogen-bond donors (Lipinski definition) is 3. The third-order valence-corrected chi connectivity index (χ3v) is 4.89. The minimum atomic E-state index is -1.57. The molecular weight excluding hydrogens is 349 g/mol. The standard InChI is InChI=1S/C14H16AsN3O4/c1-3-7-4-8(18-10(7)13(15)16-6-17-18)12-14(2,21)11(20)9(5-19)22-12/h1,4,6,9,11-12,19-21H,5,15H2,2H3/t9-,11-,12+,14-/m1/s1. The van der Waals surface area contributed by atoms with Crippen molar-refractivity contribution in [3.63, 3.8) is 0 Å². The molecule has 7 nitrogen and oxygen atoms in total. The van der Waals surface area contributed by atoms with Crippen LogP contribution in [0.2, 0.25) is 0 Å². The van der Waals surface area contributed by atoms with Crippen molar-refractivity contribution >= 4 is 26.9 Å². The molecule has 5 atom stereocenters. The van der Waals surface area contributed by atoms with Crippen LogP contribution in [0.4, 0.5) is 0 Å². The van der Waals surface area contributed by atoms with Crippen molar-refractivity contribution in [1.29, 1.82) is 0 Å². The maximum absolute atomic E-state index is 10.6. The first-order valence-corrected chi connectivity index (χ1v) is 7.88. The normalized spacial score (nSPS) is 31.5. The Labute approximate surface area is 135 Å². The van der Waals surface area contributed by atoms with E-state index in [4.69, 9.17) is 11.2 Å². The van der Waals surface area contributed by atoms with Crippen molar-refractivity contribution in [2.24, 2.45) is 0 Å². The number of ether oxygens (including phenoxy) is 1. The summed E-state index contributed by atoms with van der Waals surface area (Å²) >= 11 is 1.30. The second-order valence-corrected chi connectivity index (χ2v) is 6.59. The molecule has 3 rings (SSSR count). The summed E-state index contributed by atoms with van der Waals surface area (Å²) in [5, 5.41) is 34.2. The van der Waals surface area contributed by atoms with Crippen LogP contribution in [0.3, 0.4) is 0 Å². The van der Waals surface area contributed by atoms with Gasteiger partial charge in [0, 0.05) is 0 Å². The van der Waals surface area contributed by atoms with Crippen molar-refractivity contribution in [2.45, 2.75) is 30.8 Å². The fraction of sp³-hybridized carbons (Fsp3) is 0.429. The summed E-state index contributed by atoms with van der Waals surface area (Å²) < 4.78 is 7.97. The predicted octanol–water partition coefficient (Wildman–Crippen LogP) is -2.49. The van der Waals surface area contributed by atoms with Gasteiger partial charge in [0.15, 0.2) is 0 Å². The molecule has 0 aromatic carbocycles. The summed E-state index contributed by atoms with van der Waals surface area (Å²) in [5.41, 5.74) is 0.222. The Balaban J connectivity index is 2.20. The quantitative estimate of drug-likeness (QED) is 0.402. The van der Waals surface area contributed by atoms with Crippen LogP contribution in [-0.4, -0.2) is 71.2 Å². The van der Waals surface area contributed by atoms with Crippen molar-refractivity contribution in [3.05, 3.63) is 23.7 Å². The van der Waals surface area contributed by atoms with Gasteiger partial charge in [-0.25, -0.2) is 0 Å². The number of aliphatic hydroxyl groups excluding tert-OH is 2. The molecule has 1 aliphatic rings. The van der Waals surface area contributed by atoms with Gasteiger partial charge in [-0.05, 0) is 0 Å². The van der Waals surface area contributed by atoms with Gasteiger partial charge >= 0.3 is 135 Å². The van der Waals surface area contributed by atoms with Crippen molar-refractivity contribution in [2.75, 3.05) is 6.61 Å².